The van der Waals surface area contributed by atoms with Gasteiger partial charge in [0.25, 0.3) is 0 Å². The fraction of sp³-hybridized carbons (Fsp3) is 0. The molecule has 0 aliphatic heterocycles. The van der Waals surface area contributed by atoms with Gasteiger partial charge in [0.2, 0.25) is 0 Å². The van der Waals surface area contributed by atoms with Gasteiger partial charge in [0.1, 0.15) is 0 Å². The molecular weight excluding hydrogens is 1350 g/mol. The van der Waals surface area contributed by atoms with E-state index in [-0.39, 0.29) is 0 Å². The van der Waals surface area contributed by atoms with E-state index in [4.69, 9.17) is 0 Å². The Morgan fingerprint density at radius 2 is 0.348 bits per heavy atom. The number of hydrogen-bond acceptors (Lipinski definition) is 0. The van der Waals surface area contributed by atoms with Crippen LogP contribution >= 0.6 is 0 Å². The molecule has 0 unspecified atom stereocenters. The topological polar surface area (TPSA) is 0 Å². The second-order valence-corrected chi connectivity index (χ2v) is 29.9. The fourth-order valence-electron chi connectivity index (χ4n) is 18.8. The van der Waals surface area contributed by atoms with Gasteiger partial charge in [0.05, 0.1) is 0 Å². The van der Waals surface area contributed by atoms with Gasteiger partial charge in [-0.2, -0.15) is 0 Å². The van der Waals surface area contributed by atoms with E-state index in [2.05, 4.69) is 425 Å². The zero-order valence-electron chi connectivity index (χ0n) is 61.4. The van der Waals surface area contributed by atoms with Gasteiger partial charge in [-0.05, 0) is 265 Å². The lowest BCUT2D eigenvalue weighted by molar-refractivity contribution is 1.64. The molecule has 23 aromatic carbocycles. The third kappa shape index (κ3) is 10.7. The van der Waals surface area contributed by atoms with Crippen molar-refractivity contribution in [2.45, 2.75) is 0 Å². The third-order valence-electron chi connectivity index (χ3n) is 23.8. The summed E-state index contributed by atoms with van der Waals surface area (Å²) in [5, 5.41) is 33.0. The number of rotatable bonds is 8. The lowest BCUT2D eigenvalue weighted by Gasteiger charge is -2.20. The molecule has 0 saturated heterocycles. The molecule has 23 aromatic rings. The van der Waals surface area contributed by atoms with Crippen LogP contribution in [0, 0.1) is 0 Å². The van der Waals surface area contributed by atoms with Gasteiger partial charge in [0.15, 0.2) is 0 Å². The minimum absolute atomic E-state index is 1.22. The van der Waals surface area contributed by atoms with Gasteiger partial charge in [-0.1, -0.05) is 388 Å². The molecule has 0 N–H and O–H groups in total. The Hall–Kier alpha value is -14.6. The van der Waals surface area contributed by atoms with Crippen LogP contribution in [-0.4, -0.2) is 0 Å². The zero-order chi connectivity index (χ0) is 73.7. The smallest absolute Gasteiger partial charge is 0.00201 e. The van der Waals surface area contributed by atoms with Crippen LogP contribution in [0.5, 0.6) is 0 Å². The molecule has 0 nitrogen and oxygen atoms in total. The van der Waals surface area contributed by atoms with E-state index < -0.39 is 0 Å². The molecule has 112 heavy (non-hydrogen) atoms. The summed E-state index contributed by atoms with van der Waals surface area (Å²) in [6.07, 6.45) is 0. The Morgan fingerprint density at radius 3 is 0.768 bits per heavy atom. The summed E-state index contributed by atoms with van der Waals surface area (Å²) in [7, 11) is 0. The Kier molecular flexibility index (Phi) is 15.4. The number of hydrogen-bond donors (Lipinski definition) is 0. The molecule has 0 aromatic heterocycles. The molecule has 518 valence electrons. The van der Waals surface area contributed by atoms with Crippen LogP contribution < -0.4 is 0 Å². The fourth-order valence-corrected chi connectivity index (χ4v) is 18.8. The molecule has 0 heterocycles. The molecule has 23 rings (SSSR count). The number of fused-ring (bicyclic) bond motifs is 17. The standard InChI is InChI=1S/C58H36.C54H34/c1-2-14-38(15-3-1)43-32-33-55(48-20-8-4-16-44(43)48)58-53-24-12-10-22-51(53)57(52-23-11-13-25-54(52)58)41-29-27-37-26-28-39(34-42(37)35-41)40-30-31-50-47-19-6-5-17-45(47)46-18-7-9-21-49(46)56(50)36-40;1-2-14-36(15-3-1)42-30-31-51(45-20-8-6-19-44(42)45)54-49-24-12-10-22-47(49)53(48-23-11-13-25-50(48)54)39-29-27-35-26-28-38(32-40(35)33-39)52-34-37-16-4-5-17-41(37)43-18-7-9-21-46(43)52/h1-36H;1-34H. The van der Waals surface area contributed by atoms with Gasteiger partial charge >= 0.3 is 0 Å². The van der Waals surface area contributed by atoms with Crippen molar-refractivity contribution < 1.29 is 0 Å². The van der Waals surface area contributed by atoms with Crippen LogP contribution in [0.3, 0.4) is 0 Å². The van der Waals surface area contributed by atoms with E-state index in [0.29, 0.717) is 0 Å². The Morgan fingerprint density at radius 1 is 0.0893 bits per heavy atom. The first kappa shape index (κ1) is 64.6. The lowest BCUT2D eigenvalue weighted by Crippen LogP contribution is -1.92. The van der Waals surface area contributed by atoms with E-state index in [9.17, 15) is 0 Å². The highest BCUT2D eigenvalue weighted by atomic mass is 14.3. The Bertz CT molecular complexity index is 7650. The van der Waals surface area contributed by atoms with Gasteiger partial charge in [-0.15, -0.1) is 0 Å². The maximum absolute atomic E-state index is 2.40. The van der Waals surface area contributed by atoms with Crippen molar-refractivity contribution in [2.24, 2.45) is 0 Å². The van der Waals surface area contributed by atoms with Crippen molar-refractivity contribution in [1.82, 2.24) is 0 Å². The van der Waals surface area contributed by atoms with Crippen molar-refractivity contribution in [2.75, 3.05) is 0 Å². The third-order valence-corrected chi connectivity index (χ3v) is 23.8. The van der Waals surface area contributed by atoms with Crippen molar-refractivity contribution in [3.63, 3.8) is 0 Å². The molecule has 0 bridgehead atoms. The average molecular weight is 1420 g/mol. The summed E-state index contributed by atoms with van der Waals surface area (Å²) < 4.78 is 0. The number of benzene rings is 23. The van der Waals surface area contributed by atoms with Crippen molar-refractivity contribution in [1.29, 1.82) is 0 Å². The summed E-state index contributed by atoms with van der Waals surface area (Å²) >= 11 is 0. The Balaban J connectivity index is 0.000000138. The summed E-state index contributed by atoms with van der Waals surface area (Å²) in [4.78, 5) is 0. The summed E-state index contributed by atoms with van der Waals surface area (Å²) in [5.74, 6) is 0. The largest absolute Gasteiger partial charge is 0.0622 e. The quantitative estimate of drug-likeness (QED) is 0.105. The minimum atomic E-state index is 1.22. The van der Waals surface area contributed by atoms with E-state index in [0.717, 1.165) is 0 Å². The molecule has 0 saturated carbocycles. The van der Waals surface area contributed by atoms with Crippen LogP contribution in [-0.2, 0) is 0 Å². The molecule has 0 atom stereocenters. The van der Waals surface area contributed by atoms with Crippen LogP contribution in [0.2, 0.25) is 0 Å². The highest BCUT2D eigenvalue weighted by Gasteiger charge is 2.23. The maximum Gasteiger partial charge on any atom is -0.00201 e. The second kappa shape index (κ2) is 26.7. The predicted molar refractivity (Wildman–Crippen MR) is 484 cm³/mol. The molecule has 0 aliphatic carbocycles. The summed E-state index contributed by atoms with van der Waals surface area (Å²) in [6.45, 7) is 0. The van der Waals surface area contributed by atoms with Crippen molar-refractivity contribution in [3.8, 4) is 89.0 Å². The highest BCUT2D eigenvalue weighted by molar-refractivity contribution is 6.29. The molecule has 0 radical (unpaired) electrons. The molecule has 0 aliphatic rings. The first-order chi connectivity index (χ1) is 55.6. The zero-order valence-corrected chi connectivity index (χ0v) is 61.4. The highest BCUT2D eigenvalue weighted by Crippen LogP contribution is 2.51. The molecule has 0 heteroatoms. The summed E-state index contributed by atoms with van der Waals surface area (Å²) in [5.41, 5.74) is 20.0. The van der Waals surface area contributed by atoms with Crippen LogP contribution in [0.15, 0.2) is 425 Å². The van der Waals surface area contributed by atoms with Gasteiger partial charge in [-0.25, -0.2) is 0 Å². The van der Waals surface area contributed by atoms with Gasteiger partial charge < -0.3 is 0 Å². The van der Waals surface area contributed by atoms with Crippen molar-refractivity contribution in [3.05, 3.63) is 425 Å². The van der Waals surface area contributed by atoms with E-state index in [1.165, 1.54) is 229 Å². The molecule has 0 spiro atoms. The van der Waals surface area contributed by atoms with Crippen molar-refractivity contribution >= 4 is 140 Å². The first-order valence-corrected chi connectivity index (χ1v) is 38.9. The molecule has 0 amide bonds. The van der Waals surface area contributed by atoms with E-state index in [1.807, 2.05) is 0 Å². The van der Waals surface area contributed by atoms with E-state index >= 15 is 0 Å². The molecular formula is C112H70. The monoisotopic (exact) mass is 1410 g/mol. The maximum atomic E-state index is 2.40. The SMILES string of the molecule is c1ccc(-c2ccc(-c3c4ccccc4c(-c4ccc5ccc(-c6cc7ccccc7c7ccccc67)cc5c4)c4ccccc34)c3ccccc23)cc1.c1ccc(-c2ccc(-c3c4ccccc4c(-c4ccc5ccc(-c6ccc7c8ccccc8c8ccccc8c7c6)cc5c4)c4ccccc34)c3ccccc23)cc1. The van der Waals surface area contributed by atoms with Crippen LogP contribution in [0.4, 0.5) is 0 Å². The average Bonchev–Trinajstić information content (AvgIpc) is 0.728. The van der Waals surface area contributed by atoms with E-state index in [1.54, 1.807) is 0 Å². The van der Waals surface area contributed by atoms with Gasteiger partial charge in [-0.3, -0.25) is 0 Å². The first-order valence-electron chi connectivity index (χ1n) is 38.9. The van der Waals surface area contributed by atoms with Crippen LogP contribution in [0.1, 0.15) is 0 Å². The second-order valence-electron chi connectivity index (χ2n) is 29.9. The minimum Gasteiger partial charge on any atom is -0.0622 e. The predicted octanol–water partition coefficient (Wildman–Crippen LogP) is 31.7. The summed E-state index contributed by atoms with van der Waals surface area (Å²) in [6, 6.07) is 157. The molecule has 0 fully saturated rings. The van der Waals surface area contributed by atoms with Gasteiger partial charge in [0, 0.05) is 0 Å². The van der Waals surface area contributed by atoms with Crippen LogP contribution in [0.25, 0.3) is 229 Å². The lowest BCUT2D eigenvalue weighted by atomic mass is 9.83. The normalized spacial score (nSPS) is 11.8. The Labute approximate surface area is 649 Å².